The van der Waals surface area contributed by atoms with Gasteiger partial charge >= 0.3 is 0 Å². The van der Waals surface area contributed by atoms with Crippen molar-refractivity contribution in [1.29, 1.82) is 0 Å². The molecule has 1 aliphatic rings. The highest BCUT2D eigenvalue weighted by atomic mass is 32.2. The Balaban J connectivity index is 2.35. The standard InChI is InChI=1S/C17H26N2O4S/c1-12(2)13(3)18-24(21,22)14-7-8-16(23-4)15(11-14)17(20)19-9-5-6-10-19/h7-8,11-13,18H,5-6,9-10H2,1-4H3/t13-/m0/s1. The fourth-order valence-electron chi connectivity index (χ4n) is 2.56. The molecule has 0 aromatic heterocycles. The van der Waals surface area contributed by atoms with Crippen molar-refractivity contribution >= 4 is 15.9 Å². The van der Waals surface area contributed by atoms with Gasteiger partial charge in [0, 0.05) is 19.1 Å². The molecule has 0 aliphatic carbocycles. The van der Waals surface area contributed by atoms with E-state index in [9.17, 15) is 13.2 Å². The van der Waals surface area contributed by atoms with Crippen LogP contribution in [0.3, 0.4) is 0 Å². The van der Waals surface area contributed by atoms with Crippen LogP contribution in [-0.2, 0) is 10.0 Å². The third-order valence-electron chi connectivity index (χ3n) is 4.45. The molecule has 1 saturated heterocycles. The molecule has 0 bridgehead atoms. The smallest absolute Gasteiger partial charge is 0.257 e. The topological polar surface area (TPSA) is 75.7 Å². The summed E-state index contributed by atoms with van der Waals surface area (Å²) in [4.78, 5) is 14.5. The first kappa shape index (κ1) is 18.7. The van der Waals surface area contributed by atoms with Crippen LogP contribution in [0.2, 0.25) is 0 Å². The van der Waals surface area contributed by atoms with Crippen molar-refractivity contribution in [3.8, 4) is 5.75 Å². The Kier molecular flexibility index (Phi) is 5.87. The Hall–Kier alpha value is -1.60. The van der Waals surface area contributed by atoms with Crippen molar-refractivity contribution in [2.24, 2.45) is 5.92 Å². The third-order valence-corrected chi connectivity index (χ3v) is 6.00. The van der Waals surface area contributed by atoms with Crippen LogP contribution >= 0.6 is 0 Å². The second kappa shape index (κ2) is 7.53. The van der Waals surface area contributed by atoms with E-state index in [0.29, 0.717) is 24.4 Å². The number of ether oxygens (including phenoxy) is 1. The molecule has 24 heavy (non-hydrogen) atoms. The molecule has 134 valence electrons. The lowest BCUT2D eigenvalue weighted by Crippen LogP contribution is -2.36. The van der Waals surface area contributed by atoms with Crippen LogP contribution in [0.25, 0.3) is 0 Å². The number of amides is 1. The number of hydrogen-bond acceptors (Lipinski definition) is 4. The molecular weight excluding hydrogens is 328 g/mol. The summed E-state index contributed by atoms with van der Waals surface area (Å²) in [7, 11) is -2.21. The van der Waals surface area contributed by atoms with E-state index in [1.165, 1.54) is 25.3 Å². The van der Waals surface area contributed by atoms with Gasteiger partial charge in [0.15, 0.2) is 0 Å². The maximum Gasteiger partial charge on any atom is 0.257 e. The fraction of sp³-hybridized carbons (Fsp3) is 0.588. The number of nitrogens with zero attached hydrogens (tertiary/aromatic N) is 1. The lowest BCUT2D eigenvalue weighted by Gasteiger charge is -2.20. The van der Waals surface area contributed by atoms with Gasteiger partial charge in [-0.05, 0) is 43.9 Å². The van der Waals surface area contributed by atoms with E-state index >= 15 is 0 Å². The van der Waals surface area contributed by atoms with Gasteiger partial charge in [-0.3, -0.25) is 4.79 Å². The summed E-state index contributed by atoms with van der Waals surface area (Å²) in [6, 6.07) is 4.22. The van der Waals surface area contributed by atoms with Crippen molar-refractivity contribution in [3.05, 3.63) is 23.8 Å². The Morgan fingerprint density at radius 3 is 2.38 bits per heavy atom. The van der Waals surface area contributed by atoms with E-state index in [-0.39, 0.29) is 22.8 Å². The molecule has 1 heterocycles. The number of sulfonamides is 1. The van der Waals surface area contributed by atoms with Gasteiger partial charge in [-0.15, -0.1) is 0 Å². The number of methoxy groups -OCH3 is 1. The lowest BCUT2D eigenvalue weighted by molar-refractivity contribution is 0.0789. The van der Waals surface area contributed by atoms with Crippen LogP contribution in [-0.4, -0.2) is 45.5 Å². The van der Waals surface area contributed by atoms with Crippen LogP contribution in [0.4, 0.5) is 0 Å². The first-order valence-electron chi connectivity index (χ1n) is 8.26. The molecule has 1 aromatic rings. The maximum absolute atomic E-state index is 12.7. The maximum atomic E-state index is 12.7. The normalized spacial score (nSPS) is 16.5. The van der Waals surface area contributed by atoms with Crippen molar-refractivity contribution in [1.82, 2.24) is 9.62 Å². The van der Waals surface area contributed by atoms with Gasteiger partial charge < -0.3 is 9.64 Å². The minimum Gasteiger partial charge on any atom is -0.496 e. The Morgan fingerprint density at radius 1 is 1.21 bits per heavy atom. The van der Waals surface area contributed by atoms with Gasteiger partial charge in [0.2, 0.25) is 10.0 Å². The van der Waals surface area contributed by atoms with Crippen molar-refractivity contribution in [2.75, 3.05) is 20.2 Å². The summed E-state index contributed by atoms with van der Waals surface area (Å²) >= 11 is 0. The minimum absolute atomic E-state index is 0.0818. The number of hydrogen-bond donors (Lipinski definition) is 1. The number of likely N-dealkylation sites (tertiary alicyclic amines) is 1. The molecule has 1 aromatic carbocycles. The minimum atomic E-state index is -3.69. The molecule has 7 heteroatoms. The third kappa shape index (κ3) is 4.08. The van der Waals surface area contributed by atoms with Gasteiger partial charge in [-0.2, -0.15) is 0 Å². The zero-order valence-electron chi connectivity index (χ0n) is 14.7. The molecule has 1 amide bonds. The number of benzene rings is 1. The first-order valence-corrected chi connectivity index (χ1v) is 9.74. The van der Waals surface area contributed by atoms with Gasteiger partial charge in [0.1, 0.15) is 5.75 Å². The second-order valence-corrected chi connectivity index (χ2v) is 8.23. The molecule has 0 spiro atoms. The second-order valence-electron chi connectivity index (χ2n) is 6.52. The van der Waals surface area contributed by atoms with E-state index in [4.69, 9.17) is 4.74 Å². The molecule has 2 rings (SSSR count). The molecule has 6 nitrogen and oxygen atoms in total. The largest absolute Gasteiger partial charge is 0.496 e. The zero-order valence-corrected chi connectivity index (χ0v) is 15.5. The van der Waals surface area contributed by atoms with Gasteiger partial charge in [0.25, 0.3) is 5.91 Å². The predicted octanol–water partition coefficient (Wildman–Crippen LogP) is 2.25. The average Bonchev–Trinajstić information content (AvgIpc) is 3.07. The monoisotopic (exact) mass is 354 g/mol. The number of carbonyl (C=O) groups excluding carboxylic acids is 1. The van der Waals surface area contributed by atoms with Crippen LogP contribution in [0.15, 0.2) is 23.1 Å². The van der Waals surface area contributed by atoms with E-state index in [0.717, 1.165) is 12.8 Å². The highest BCUT2D eigenvalue weighted by Crippen LogP contribution is 2.25. The highest BCUT2D eigenvalue weighted by Gasteiger charge is 2.26. The summed E-state index contributed by atoms with van der Waals surface area (Å²) in [5.41, 5.74) is 0.291. The molecule has 0 radical (unpaired) electrons. The summed E-state index contributed by atoms with van der Waals surface area (Å²) in [6.07, 6.45) is 1.94. The first-order chi connectivity index (χ1) is 11.3. The van der Waals surface area contributed by atoms with E-state index in [1.807, 2.05) is 20.8 Å². The van der Waals surface area contributed by atoms with Crippen molar-refractivity contribution < 1.29 is 17.9 Å². The Morgan fingerprint density at radius 2 is 1.83 bits per heavy atom. The highest BCUT2D eigenvalue weighted by molar-refractivity contribution is 7.89. The Bertz CT molecular complexity index is 695. The van der Waals surface area contributed by atoms with E-state index < -0.39 is 10.0 Å². The number of rotatable bonds is 6. The molecule has 0 saturated carbocycles. The van der Waals surface area contributed by atoms with Crippen LogP contribution in [0, 0.1) is 5.92 Å². The fourth-order valence-corrected chi connectivity index (χ4v) is 3.98. The molecule has 0 unspecified atom stereocenters. The zero-order chi connectivity index (χ0) is 17.9. The molecule has 1 atom stereocenters. The van der Waals surface area contributed by atoms with E-state index in [1.54, 1.807) is 4.90 Å². The van der Waals surface area contributed by atoms with Crippen molar-refractivity contribution in [3.63, 3.8) is 0 Å². The van der Waals surface area contributed by atoms with Gasteiger partial charge in [0.05, 0.1) is 17.6 Å². The SMILES string of the molecule is COc1ccc(S(=O)(=O)N[C@@H](C)C(C)C)cc1C(=O)N1CCCC1. The predicted molar refractivity (Wildman–Crippen MR) is 92.8 cm³/mol. The van der Waals surface area contributed by atoms with Crippen molar-refractivity contribution in [2.45, 2.75) is 44.6 Å². The summed E-state index contributed by atoms with van der Waals surface area (Å²) in [5, 5.41) is 0. The summed E-state index contributed by atoms with van der Waals surface area (Å²) in [6.45, 7) is 7.11. The molecule has 1 fully saturated rings. The van der Waals surface area contributed by atoms with Gasteiger partial charge in [-0.1, -0.05) is 13.8 Å². The number of nitrogens with one attached hydrogen (secondary N) is 1. The van der Waals surface area contributed by atoms with Crippen LogP contribution < -0.4 is 9.46 Å². The van der Waals surface area contributed by atoms with E-state index in [2.05, 4.69) is 4.72 Å². The molecule has 1 N–H and O–H groups in total. The lowest BCUT2D eigenvalue weighted by atomic mass is 10.1. The molecular formula is C17H26N2O4S. The van der Waals surface area contributed by atoms with Crippen LogP contribution in [0.1, 0.15) is 44.0 Å². The Labute approximate surface area is 144 Å². The quantitative estimate of drug-likeness (QED) is 0.850. The van der Waals surface area contributed by atoms with Crippen LogP contribution in [0.5, 0.6) is 5.75 Å². The summed E-state index contributed by atoms with van der Waals surface area (Å²) < 4.78 is 33.0. The molecule has 1 aliphatic heterocycles. The summed E-state index contributed by atoms with van der Waals surface area (Å²) in [5.74, 6) is 0.379. The average molecular weight is 354 g/mol. The number of carbonyl (C=O) groups is 1. The van der Waals surface area contributed by atoms with Gasteiger partial charge in [-0.25, -0.2) is 13.1 Å².